The Morgan fingerprint density at radius 3 is 2.71 bits per heavy atom. The molecule has 0 radical (unpaired) electrons. The third-order valence-electron chi connectivity index (χ3n) is 2.32. The summed E-state index contributed by atoms with van der Waals surface area (Å²) in [6.45, 7) is 4.38. The molecule has 0 aromatic carbocycles. The van der Waals surface area contributed by atoms with E-state index in [1.54, 1.807) is 0 Å². The Morgan fingerprint density at radius 1 is 1.57 bits per heavy atom. The van der Waals surface area contributed by atoms with Crippen molar-refractivity contribution >= 4 is 0 Å². The molecule has 1 aromatic rings. The van der Waals surface area contributed by atoms with Crippen LogP contribution >= 0.6 is 0 Å². The van der Waals surface area contributed by atoms with Gasteiger partial charge in [0.05, 0.1) is 6.20 Å². The molecule has 14 heavy (non-hydrogen) atoms. The normalized spacial score (nSPS) is 13.5. The third kappa shape index (κ3) is 2.56. The van der Waals surface area contributed by atoms with Crippen molar-refractivity contribution in [2.24, 2.45) is 0 Å². The lowest BCUT2D eigenvalue weighted by Crippen LogP contribution is -2.17. The summed E-state index contributed by atoms with van der Waals surface area (Å²) in [5.74, 6) is 0. The average molecular weight is 197 g/mol. The Labute approximate surface area is 84.9 Å². The van der Waals surface area contributed by atoms with Crippen LogP contribution in [0.5, 0.6) is 0 Å². The minimum absolute atomic E-state index is 0.193. The fourth-order valence-corrected chi connectivity index (χ4v) is 1.42. The fourth-order valence-electron chi connectivity index (χ4n) is 1.42. The summed E-state index contributed by atoms with van der Waals surface area (Å²) >= 11 is 0. The van der Waals surface area contributed by atoms with Crippen molar-refractivity contribution in [3.05, 3.63) is 18.0 Å². The number of rotatable bonds is 5. The highest BCUT2D eigenvalue weighted by Gasteiger charge is 2.11. The molecule has 1 rings (SSSR count). The Kier molecular flexibility index (Phi) is 4.10. The highest BCUT2D eigenvalue weighted by atomic mass is 16.3. The van der Waals surface area contributed by atoms with E-state index in [1.807, 2.05) is 24.1 Å². The summed E-state index contributed by atoms with van der Waals surface area (Å²) in [6.07, 6.45) is 4.61. The van der Waals surface area contributed by atoms with Crippen LogP contribution < -0.4 is 5.32 Å². The lowest BCUT2D eigenvalue weighted by Gasteiger charge is -2.12. The number of aliphatic hydroxyl groups is 1. The molecule has 0 saturated heterocycles. The molecule has 0 amide bonds. The van der Waals surface area contributed by atoms with Crippen LogP contribution in [-0.2, 0) is 0 Å². The van der Waals surface area contributed by atoms with E-state index in [9.17, 15) is 0 Å². The van der Waals surface area contributed by atoms with Gasteiger partial charge in [-0.2, -0.15) is 5.10 Å². The molecule has 0 aliphatic heterocycles. The van der Waals surface area contributed by atoms with Crippen LogP contribution in [0, 0.1) is 0 Å². The third-order valence-corrected chi connectivity index (χ3v) is 2.32. The molecule has 1 unspecified atom stereocenters. The molecule has 0 bridgehead atoms. The molecule has 0 saturated carbocycles. The summed E-state index contributed by atoms with van der Waals surface area (Å²) in [5, 5.41) is 16.3. The van der Waals surface area contributed by atoms with Gasteiger partial charge in [-0.3, -0.25) is 4.68 Å². The van der Waals surface area contributed by atoms with E-state index in [0.717, 1.165) is 12.0 Å². The van der Waals surface area contributed by atoms with E-state index in [4.69, 9.17) is 5.11 Å². The zero-order chi connectivity index (χ0) is 10.6. The van der Waals surface area contributed by atoms with Crippen molar-refractivity contribution in [3.8, 4) is 0 Å². The number of hydrogen-bond acceptors (Lipinski definition) is 3. The minimum atomic E-state index is 0.193. The summed E-state index contributed by atoms with van der Waals surface area (Å²) in [4.78, 5) is 0. The molecule has 4 nitrogen and oxygen atoms in total. The second-order valence-electron chi connectivity index (χ2n) is 3.70. The van der Waals surface area contributed by atoms with E-state index in [2.05, 4.69) is 24.3 Å². The molecule has 0 spiro atoms. The molecule has 0 fully saturated rings. The second kappa shape index (κ2) is 5.12. The zero-order valence-corrected chi connectivity index (χ0v) is 9.07. The van der Waals surface area contributed by atoms with Gasteiger partial charge >= 0.3 is 0 Å². The van der Waals surface area contributed by atoms with Crippen LogP contribution in [0.4, 0.5) is 0 Å². The predicted octanol–water partition coefficient (Wildman–Crippen LogP) is 1.11. The van der Waals surface area contributed by atoms with E-state index in [0.29, 0.717) is 6.04 Å². The molecule has 0 aliphatic carbocycles. The molecule has 4 heteroatoms. The fraction of sp³-hybridized carbons (Fsp3) is 0.700. The molecular weight excluding hydrogens is 178 g/mol. The number of nitrogens with one attached hydrogen (secondary N) is 1. The van der Waals surface area contributed by atoms with Crippen molar-refractivity contribution < 1.29 is 5.11 Å². The Morgan fingerprint density at radius 2 is 2.29 bits per heavy atom. The topological polar surface area (TPSA) is 50.1 Å². The standard InChI is InChI=1S/C10H19N3O/c1-8(2)13-7-9(6-12-13)10(11-3)4-5-14/h6-8,10-11,14H,4-5H2,1-3H3. The lowest BCUT2D eigenvalue weighted by molar-refractivity contribution is 0.269. The number of nitrogens with zero attached hydrogens (tertiary/aromatic N) is 2. The van der Waals surface area contributed by atoms with Crippen LogP contribution in [0.2, 0.25) is 0 Å². The van der Waals surface area contributed by atoms with Gasteiger partial charge in [0.2, 0.25) is 0 Å². The van der Waals surface area contributed by atoms with Crippen LogP contribution in [-0.4, -0.2) is 28.5 Å². The van der Waals surface area contributed by atoms with Crippen molar-refractivity contribution in [1.29, 1.82) is 0 Å². The largest absolute Gasteiger partial charge is 0.396 e. The number of aliphatic hydroxyl groups excluding tert-OH is 1. The van der Waals surface area contributed by atoms with Gasteiger partial charge in [0.15, 0.2) is 0 Å². The van der Waals surface area contributed by atoms with Gasteiger partial charge < -0.3 is 10.4 Å². The molecule has 1 aromatic heterocycles. The van der Waals surface area contributed by atoms with Gasteiger partial charge in [-0.1, -0.05) is 0 Å². The van der Waals surface area contributed by atoms with Crippen LogP contribution in [0.15, 0.2) is 12.4 Å². The zero-order valence-electron chi connectivity index (χ0n) is 9.07. The maximum Gasteiger partial charge on any atom is 0.0537 e. The Balaban J connectivity index is 2.73. The second-order valence-corrected chi connectivity index (χ2v) is 3.70. The highest BCUT2D eigenvalue weighted by molar-refractivity contribution is 5.10. The summed E-state index contributed by atoms with van der Waals surface area (Å²) in [7, 11) is 1.90. The molecule has 80 valence electrons. The van der Waals surface area contributed by atoms with Gasteiger partial charge in [-0.15, -0.1) is 0 Å². The summed E-state index contributed by atoms with van der Waals surface area (Å²) < 4.78 is 1.93. The van der Waals surface area contributed by atoms with Crippen LogP contribution in [0.1, 0.15) is 37.9 Å². The molecule has 1 heterocycles. The van der Waals surface area contributed by atoms with E-state index >= 15 is 0 Å². The predicted molar refractivity (Wildman–Crippen MR) is 56.1 cm³/mol. The average Bonchev–Trinajstić information content (AvgIpc) is 2.63. The maximum absolute atomic E-state index is 8.88. The van der Waals surface area contributed by atoms with Crippen LogP contribution in [0.25, 0.3) is 0 Å². The highest BCUT2D eigenvalue weighted by Crippen LogP contribution is 2.16. The van der Waals surface area contributed by atoms with Gasteiger partial charge in [0.1, 0.15) is 0 Å². The van der Waals surface area contributed by atoms with E-state index in [1.165, 1.54) is 0 Å². The monoisotopic (exact) mass is 197 g/mol. The van der Waals surface area contributed by atoms with Gasteiger partial charge in [0.25, 0.3) is 0 Å². The quantitative estimate of drug-likeness (QED) is 0.743. The van der Waals surface area contributed by atoms with Crippen molar-refractivity contribution in [2.45, 2.75) is 32.4 Å². The lowest BCUT2D eigenvalue weighted by atomic mass is 10.1. The smallest absolute Gasteiger partial charge is 0.0537 e. The van der Waals surface area contributed by atoms with Gasteiger partial charge in [-0.25, -0.2) is 0 Å². The first-order valence-corrected chi connectivity index (χ1v) is 5.01. The minimum Gasteiger partial charge on any atom is -0.396 e. The summed E-state index contributed by atoms with van der Waals surface area (Å²) in [6, 6.07) is 0.586. The van der Waals surface area contributed by atoms with Crippen molar-refractivity contribution in [1.82, 2.24) is 15.1 Å². The SMILES string of the molecule is CNC(CCO)c1cnn(C(C)C)c1. The van der Waals surface area contributed by atoms with Crippen molar-refractivity contribution in [2.75, 3.05) is 13.7 Å². The van der Waals surface area contributed by atoms with Crippen LogP contribution in [0.3, 0.4) is 0 Å². The van der Waals surface area contributed by atoms with E-state index in [-0.39, 0.29) is 12.6 Å². The Hall–Kier alpha value is -0.870. The maximum atomic E-state index is 8.88. The Bertz CT molecular complexity index is 270. The molecule has 0 aliphatic rings. The summed E-state index contributed by atoms with van der Waals surface area (Å²) in [5.41, 5.74) is 1.13. The molecule has 1 atom stereocenters. The number of aromatic nitrogens is 2. The first-order chi connectivity index (χ1) is 6.69. The molecular formula is C10H19N3O. The van der Waals surface area contributed by atoms with Crippen molar-refractivity contribution in [3.63, 3.8) is 0 Å². The number of hydrogen-bond donors (Lipinski definition) is 2. The van der Waals surface area contributed by atoms with Gasteiger partial charge in [0, 0.05) is 30.5 Å². The van der Waals surface area contributed by atoms with Gasteiger partial charge in [-0.05, 0) is 27.3 Å². The molecule has 2 N–H and O–H groups in total. The first kappa shape index (κ1) is 11.2. The van der Waals surface area contributed by atoms with E-state index < -0.39 is 0 Å². The first-order valence-electron chi connectivity index (χ1n) is 5.01.